The lowest BCUT2D eigenvalue weighted by Crippen LogP contribution is -2.30. The first kappa shape index (κ1) is 64.9. The fraction of sp³-hybridized carbons (Fsp3) is 0.885. The van der Waals surface area contributed by atoms with Crippen LogP contribution in [0.3, 0.4) is 0 Å². The van der Waals surface area contributed by atoms with Crippen molar-refractivity contribution in [2.45, 2.75) is 335 Å². The van der Waals surface area contributed by atoms with Crippen molar-refractivity contribution in [3.05, 3.63) is 24.3 Å². The van der Waals surface area contributed by atoms with Crippen molar-refractivity contribution < 1.29 is 28.6 Å². The van der Waals surface area contributed by atoms with Gasteiger partial charge >= 0.3 is 17.9 Å². The molecule has 0 aromatic carbocycles. The third-order valence-corrected chi connectivity index (χ3v) is 13.4. The lowest BCUT2D eigenvalue weighted by Gasteiger charge is -2.18. The number of ether oxygens (including phenoxy) is 3. The minimum Gasteiger partial charge on any atom is -0.462 e. The highest BCUT2D eigenvalue weighted by Gasteiger charge is 2.19. The number of allylic oxidation sites excluding steroid dienone is 4. The van der Waals surface area contributed by atoms with Gasteiger partial charge in [-0.3, -0.25) is 14.4 Å². The van der Waals surface area contributed by atoms with Gasteiger partial charge in [-0.25, -0.2) is 0 Å². The zero-order valence-electron chi connectivity index (χ0n) is 45.2. The topological polar surface area (TPSA) is 78.9 Å². The molecule has 6 nitrogen and oxygen atoms in total. The first-order valence-electron chi connectivity index (χ1n) is 29.8. The van der Waals surface area contributed by atoms with Crippen LogP contribution < -0.4 is 0 Å². The van der Waals surface area contributed by atoms with E-state index in [-0.39, 0.29) is 31.1 Å². The maximum atomic E-state index is 12.8. The molecule has 0 aliphatic carbocycles. The number of hydrogen-bond acceptors (Lipinski definition) is 6. The Kier molecular flexibility index (Phi) is 54.7. The minimum absolute atomic E-state index is 0.0685. The normalized spacial score (nSPS) is 11.7. The van der Waals surface area contributed by atoms with E-state index in [0.29, 0.717) is 19.3 Å². The molecule has 0 aliphatic rings. The molecule has 0 saturated carbocycles. The monoisotopic (exact) mass is 943 g/mol. The van der Waals surface area contributed by atoms with E-state index in [4.69, 9.17) is 14.2 Å². The van der Waals surface area contributed by atoms with Gasteiger partial charge in [-0.1, -0.05) is 263 Å². The van der Waals surface area contributed by atoms with Gasteiger partial charge in [0.05, 0.1) is 0 Å². The van der Waals surface area contributed by atoms with E-state index in [9.17, 15) is 14.4 Å². The van der Waals surface area contributed by atoms with Crippen LogP contribution in [0.5, 0.6) is 0 Å². The molecule has 0 radical (unpaired) electrons. The lowest BCUT2D eigenvalue weighted by atomic mass is 10.1. The Morgan fingerprint density at radius 1 is 0.284 bits per heavy atom. The van der Waals surface area contributed by atoms with Gasteiger partial charge in [0.1, 0.15) is 13.2 Å². The van der Waals surface area contributed by atoms with Gasteiger partial charge in [0, 0.05) is 19.3 Å². The van der Waals surface area contributed by atoms with Crippen LogP contribution in [0, 0.1) is 0 Å². The van der Waals surface area contributed by atoms with Gasteiger partial charge in [-0.15, -0.1) is 0 Å². The maximum absolute atomic E-state index is 12.8. The second-order valence-electron chi connectivity index (χ2n) is 20.3. The molecule has 0 aliphatic heterocycles. The summed E-state index contributed by atoms with van der Waals surface area (Å²) in [6.07, 6.45) is 66.0. The third-order valence-electron chi connectivity index (χ3n) is 13.4. The number of rotatable bonds is 55. The van der Waals surface area contributed by atoms with Crippen LogP contribution in [0.2, 0.25) is 0 Å². The van der Waals surface area contributed by atoms with E-state index < -0.39 is 6.10 Å². The van der Waals surface area contributed by atoms with E-state index in [1.807, 2.05) is 0 Å². The number of esters is 3. The zero-order chi connectivity index (χ0) is 48.6. The summed E-state index contributed by atoms with van der Waals surface area (Å²) in [6.45, 7) is 6.67. The van der Waals surface area contributed by atoms with Crippen molar-refractivity contribution in [1.82, 2.24) is 0 Å². The van der Waals surface area contributed by atoms with Gasteiger partial charge in [0.2, 0.25) is 0 Å². The Morgan fingerprint density at radius 2 is 0.493 bits per heavy atom. The van der Waals surface area contributed by atoms with Gasteiger partial charge in [0.15, 0.2) is 6.10 Å². The predicted molar refractivity (Wildman–Crippen MR) is 289 cm³/mol. The molecule has 0 rings (SSSR count). The molecule has 0 fully saturated rings. The van der Waals surface area contributed by atoms with E-state index in [1.54, 1.807) is 0 Å². The van der Waals surface area contributed by atoms with E-state index in [0.717, 1.165) is 57.8 Å². The minimum atomic E-state index is -0.768. The second-order valence-corrected chi connectivity index (χ2v) is 20.3. The highest BCUT2D eigenvalue weighted by Crippen LogP contribution is 2.17. The Labute approximate surface area is 417 Å². The van der Waals surface area contributed by atoms with E-state index >= 15 is 0 Å². The summed E-state index contributed by atoms with van der Waals surface area (Å²) < 4.78 is 16.9. The van der Waals surface area contributed by atoms with Gasteiger partial charge in [0.25, 0.3) is 0 Å². The summed E-state index contributed by atoms with van der Waals surface area (Å²) in [7, 11) is 0. The third kappa shape index (κ3) is 54.7. The highest BCUT2D eigenvalue weighted by atomic mass is 16.6. The molecule has 0 saturated heterocycles. The van der Waals surface area contributed by atoms with Gasteiger partial charge < -0.3 is 14.2 Å². The molecular formula is C61H114O6. The second kappa shape index (κ2) is 56.5. The largest absolute Gasteiger partial charge is 0.462 e. The quantitative estimate of drug-likeness (QED) is 0.0262. The van der Waals surface area contributed by atoms with Crippen LogP contribution in [0.15, 0.2) is 24.3 Å². The van der Waals surface area contributed by atoms with E-state index in [1.165, 1.54) is 231 Å². The molecule has 0 unspecified atom stereocenters. The molecule has 0 N–H and O–H groups in total. The SMILES string of the molecule is CCCCCCCC/C=C\CCCCCCCCCCCC(=O)OCC(COC(=O)CCCCCCCCCCC/C=C\CCCCCCCC)OC(=O)CCCCCCCCCCCCC. The molecule has 6 heteroatoms. The van der Waals surface area contributed by atoms with Crippen LogP contribution >= 0.6 is 0 Å². The highest BCUT2D eigenvalue weighted by molar-refractivity contribution is 5.71. The van der Waals surface area contributed by atoms with Crippen molar-refractivity contribution >= 4 is 17.9 Å². The van der Waals surface area contributed by atoms with Crippen LogP contribution in [0.4, 0.5) is 0 Å². The van der Waals surface area contributed by atoms with Crippen LogP contribution in [0.1, 0.15) is 329 Å². The average molecular weight is 944 g/mol. The number of carbonyl (C=O) groups excluding carboxylic acids is 3. The molecule has 0 atom stereocenters. The summed E-state index contributed by atoms with van der Waals surface area (Å²) in [5, 5.41) is 0. The fourth-order valence-electron chi connectivity index (χ4n) is 8.91. The smallest absolute Gasteiger partial charge is 0.306 e. The summed E-state index contributed by atoms with van der Waals surface area (Å²) in [5.41, 5.74) is 0. The average Bonchev–Trinajstić information content (AvgIpc) is 3.33. The fourth-order valence-corrected chi connectivity index (χ4v) is 8.91. The van der Waals surface area contributed by atoms with Crippen LogP contribution in [-0.4, -0.2) is 37.2 Å². The molecule has 394 valence electrons. The Bertz CT molecular complexity index is 1020. The van der Waals surface area contributed by atoms with Crippen molar-refractivity contribution in [2.75, 3.05) is 13.2 Å². The lowest BCUT2D eigenvalue weighted by molar-refractivity contribution is -0.167. The molecule has 0 amide bonds. The number of hydrogen-bond donors (Lipinski definition) is 0. The van der Waals surface area contributed by atoms with Crippen LogP contribution in [0.25, 0.3) is 0 Å². The number of unbranched alkanes of at least 4 members (excludes halogenated alkanes) is 40. The molecule has 0 heterocycles. The Hall–Kier alpha value is -2.11. The number of carbonyl (C=O) groups is 3. The molecule has 0 bridgehead atoms. The van der Waals surface area contributed by atoms with Crippen molar-refractivity contribution in [3.8, 4) is 0 Å². The summed E-state index contributed by atoms with van der Waals surface area (Å²) in [5.74, 6) is -0.852. The molecular weight excluding hydrogens is 829 g/mol. The predicted octanol–water partition coefficient (Wildman–Crippen LogP) is 19.9. The molecule has 0 aromatic heterocycles. The first-order chi connectivity index (χ1) is 33.0. The van der Waals surface area contributed by atoms with Crippen molar-refractivity contribution in [2.24, 2.45) is 0 Å². The molecule has 67 heavy (non-hydrogen) atoms. The molecule has 0 aromatic rings. The molecule has 0 spiro atoms. The van der Waals surface area contributed by atoms with Crippen molar-refractivity contribution in [1.29, 1.82) is 0 Å². The van der Waals surface area contributed by atoms with Crippen molar-refractivity contribution in [3.63, 3.8) is 0 Å². The standard InChI is InChI=1S/C61H114O6/c1-4-7-10-13-16-19-22-24-26-28-30-32-34-36-39-41-44-47-50-53-59(62)65-56-58(67-61(64)55-52-49-46-43-38-21-18-15-12-9-6-3)57-66-60(63)54-51-48-45-42-40-37-35-33-31-29-27-25-23-20-17-14-11-8-5-2/h24-27,58H,4-23,28-57H2,1-3H3/b26-24-,27-25-. The van der Waals surface area contributed by atoms with Gasteiger partial charge in [-0.2, -0.15) is 0 Å². The summed E-state index contributed by atoms with van der Waals surface area (Å²) >= 11 is 0. The van der Waals surface area contributed by atoms with Crippen LogP contribution in [-0.2, 0) is 28.6 Å². The Balaban J connectivity index is 4.25. The summed E-state index contributed by atoms with van der Waals surface area (Å²) in [4.78, 5) is 38.1. The Morgan fingerprint density at radius 3 is 0.746 bits per heavy atom. The maximum Gasteiger partial charge on any atom is 0.306 e. The van der Waals surface area contributed by atoms with Gasteiger partial charge in [-0.05, 0) is 70.6 Å². The summed E-state index contributed by atoms with van der Waals surface area (Å²) in [6, 6.07) is 0. The first-order valence-corrected chi connectivity index (χ1v) is 29.8. The van der Waals surface area contributed by atoms with E-state index in [2.05, 4.69) is 45.1 Å². The zero-order valence-corrected chi connectivity index (χ0v) is 45.2.